The molecular formula is C96H57BBrO6. The van der Waals surface area contributed by atoms with E-state index in [0.717, 1.165) is 149 Å². The van der Waals surface area contributed by atoms with E-state index in [0.29, 0.717) is 5.75 Å². The van der Waals surface area contributed by atoms with E-state index in [9.17, 15) is 5.02 Å². The average molecular weight is 1400 g/mol. The van der Waals surface area contributed by atoms with Crippen molar-refractivity contribution in [3.05, 3.63) is 344 Å². The lowest BCUT2D eigenvalue weighted by Gasteiger charge is -2.19. The van der Waals surface area contributed by atoms with Gasteiger partial charge in [-0.3, -0.25) is 0 Å². The first kappa shape index (κ1) is 60.9. The molecule has 18 aromatic carbocycles. The minimum Gasteiger partial charge on any atom is -0.537 e. The number of fused-ring (bicyclic) bond motifs is 18. The van der Waals surface area contributed by atoms with Crippen LogP contribution >= 0.6 is 15.9 Å². The van der Waals surface area contributed by atoms with E-state index in [2.05, 4.69) is 246 Å². The van der Waals surface area contributed by atoms with E-state index in [-0.39, 0.29) is 0 Å². The molecule has 0 saturated heterocycles. The van der Waals surface area contributed by atoms with Crippen LogP contribution in [0, 0.1) is 0 Å². The monoisotopic (exact) mass is 1400 g/mol. The summed E-state index contributed by atoms with van der Waals surface area (Å²) < 4.78 is 32.5. The van der Waals surface area contributed by atoms with Gasteiger partial charge in [-0.15, -0.1) is 0 Å². The Balaban J connectivity index is 0.000000113. The lowest BCUT2D eigenvalue weighted by atomic mass is 9.84. The molecule has 0 amide bonds. The molecule has 0 atom stereocenters. The van der Waals surface area contributed by atoms with Crippen molar-refractivity contribution in [3.63, 3.8) is 0 Å². The van der Waals surface area contributed by atoms with Crippen LogP contribution in [0.3, 0.4) is 0 Å². The molecule has 6 nitrogen and oxygen atoms in total. The maximum atomic E-state index is 9.32. The molecule has 22 aromatic rings. The van der Waals surface area contributed by atoms with Gasteiger partial charge in [0.15, 0.2) is 0 Å². The van der Waals surface area contributed by atoms with Gasteiger partial charge in [0.1, 0.15) is 50.4 Å². The van der Waals surface area contributed by atoms with Crippen LogP contribution in [-0.4, -0.2) is 12.7 Å². The van der Waals surface area contributed by atoms with E-state index >= 15 is 0 Å². The Bertz CT molecular complexity index is 6940. The van der Waals surface area contributed by atoms with E-state index in [1.165, 1.54) is 70.9 Å². The molecule has 1 N–H and O–H groups in total. The lowest BCUT2D eigenvalue weighted by molar-refractivity contribution is 0.459. The van der Waals surface area contributed by atoms with Gasteiger partial charge < -0.3 is 27.3 Å². The Morgan fingerprint density at radius 1 is 0.231 bits per heavy atom. The quantitative estimate of drug-likeness (QED) is 0.126. The van der Waals surface area contributed by atoms with Gasteiger partial charge in [-0.25, -0.2) is 0 Å². The second-order valence-electron chi connectivity index (χ2n) is 26.4. The molecule has 22 rings (SSSR count). The van der Waals surface area contributed by atoms with E-state index in [4.69, 9.17) is 22.3 Å². The Morgan fingerprint density at radius 3 is 0.885 bits per heavy atom. The van der Waals surface area contributed by atoms with E-state index in [1.807, 2.05) is 109 Å². The number of rotatable bonds is 7. The molecule has 487 valence electrons. The zero-order valence-corrected chi connectivity index (χ0v) is 57.4. The SMILES string of the molecule is Brc1cccc(-c2c3oc4ccccc4c3cc3c2oc2ccccc23)c1.O[B]Oc1c2ccccc2c(-c2cccc3ccccc23)c2ccccc12.c1cc(-c2c3ccccc3c(-c3cccc4ccccc34)c3ccccc23)cc(-c2c3oc4ccccc4c3cc3c2oc2ccccc23)c1. The van der Waals surface area contributed by atoms with E-state index in [1.54, 1.807) is 0 Å². The molecule has 104 heavy (non-hydrogen) atoms. The second-order valence-corrected chi connectivity index (χ2v) is 27.3. The van der Waals surface area contributed by atoms with Crippen LogP contribution in [0.4, 0.5) is 0 Å². The highest BCUT2D eigenvalue weighted by atomic mass is 79.9. The molecule has 8 heteroatoms. The van der Waals surface area contributed by atoms with Crippen LogP contribution in [0.1, 0.15) is 0 Å². The number of hydrogen-bond donors (Lipinski definition) is 1. The molecule has 0 bridgehead atoms. The molecule has 0 fully saturated rings. The third kappa shape index (κ3) is 9.90. The summed E-state index contributed by atoms with van der Waals surface area (Å²) in [6.45, 7) is 0. The van der Waals surface area contributed by atoms with Gasteiger partial charge in [0.25, 0.3) is 0 Å². The maximum absolute atomic E-state index is 9.32. The normalized spacial score (nSPS) is 11.8. The standard InChI is InChI=1S/C48H28O2.C24H16BO2.C24H13BrO2/c1-2-17-32-29(13-1)14-12-24-35(32)46-38-22-5-3-20-36(38)44(37-21-4-6-23-39(37)46)30-15-11-16-31(27-30)45-47-40(33-18-7-9-25-42(33)49-47)28-41-34-19-8-10-26-43(34)50-48(41)45;26-25-27-24-21-13-5-3-11-19(21)23(20-12-4-6-14-22(20)24)18-15-7-9-16-8-1-2-10-17(16)18;25-15-7-5-6-14(12-15)22-23-18(16-8-1-3-10-20(16)26-23)13-19-17-9-2-4-11-21(17)27-24(19)22/h1-28H;1-15,26H;1-13H. The van der Waals surface area contributed by atoms with Crippen molar-refractivity contribution in [1.29, 1.82) is 0 Å². The highest BCUT2D eigenvalue weighted by molar-refractivity contribution is 9.10. The topological polar surface area (TPSA) is 82.0 Å². The van der Waals surface area contributed by atoms with Crippen LogP contribution in [0.25, 0.3) is 208 Å². The molecule has 0 saturated carbocycles. The van der Waals surface area contributed by atoms with Crippen LogP contribution in [-0.2, 0) is 0 Å². The Morgan fingerprint density at radius 2 is 0.510 bits per heavy atom. The summed E-state index contributed by atoms with van der Waals surface area (Å²) >= 11 is 3.60. The molecule has 0 spiro atoms. The smallest absolute Gasteiger partial charge is 0.537 e. The fourth-order valence-corrected chi connectivity index (χ4v) is 16.6. The van der Waals surface area contributed by atoms with Crippen molar-refractivity contribution in [1.82, 2.24) is 0 Å². The van der Waals surface area contributed by atoms with Crippen LogP contribution < -0.4 is 4.65 Å². The van der Waals surface area contributed by atoms with Crippen molar-refractivity contribution in [2.75, 3.05) is 0 Å². The molecule has 0 aliphatic heterocycles. The first-order valence-electron chi connectivity index (χ1n) is 34.8. The Hall–Kier alpha value is -13.0. The van der Waals surface area contributed by atoms with Gasteiger partial charge in [0.2, 0.25) is 0 Å². The van der Waals surface area contributed by atoms with Crippen molar-refractivity contribution >= 4 is 176 Å². The van der Waals surface area contributed by atoms with Crippen LogP contribution in [0.15, 0.2) is 362 Å². The van der Waals surface area contributed by atoms with Crippen molar-refractivity contribution < 1.29 is 27.3 Å². The van der Waals surface area contributed by atoms with Crippen molar-refractivity contribution in [2.45, 2.75) is 0 Å². The molecule has 1 radical (unpaired) electrons. The molecule has 0 aliphatic carbocycles. The van der Waals surface area contributed by atoms with Gasteiger partial charge in [0, 0.05) is 58.3 Å². The third-order valence-electron chi connectivity index (χ3n) is 20.7. The molecule has 4 aromatic heterocycles. The number of para-hydroxylation sites is 4. The first-order valence-corrected chi connectivity index (χ1v) is 35.6. The van der Waals surface area contributed by atoms with Gasteiger partial charge in [-0.05, 0) is 153 Å². The van der Waals surface area contributed by atoms with Crippen LogP contribution in [0.5, 0.6) is 5.75 Å². The minimum atomic E-state index is 0.674. The average Bonchev–Trinajstić information content (AvgIpc) is 1.61. The lowest BCUT2D eigenvalue weighted by Crippen LogP contribution is -2.02. The summed E-state index contributed by atoms with van der Waals surface area (Å²) in [5.74, 6) is 0.674. The third-order valence-corrected chi connectivity index (χ3v) is 21.2. The summed E-state index contributed by atoms with van der Waals surface area (Å²) in [6, 6.07) is 119. The fourth-order valence-electron chi connectivity index (χ4n) is 16.2. The van der Waals surface area contributed by atoms with E-state index < -0.39 is 0 Å². The molecular weight excluding hydrogens is 1340 g/mol. The van der Waals surface area contributed by atoms with Gasteiger partial charge >= 0.3 is 7.69 Å². The number of halogens is 1. The van der Waals surface area contributed by atoms with Gasteiger partial charge in [-0.1, -0.05) is 301 Å². The molecule has 0 unspecified atom stereocenters. The number of hydrogen-bond acceptors (Lipinski definition) is 6. The fraction of sp³-hybridized carbons (Fsp3) is 0. The summed E-state index contributed by atoms with van der Waals surface area (Å²) in [4.78, 5) is 0. The van der Waals surface area contributed by atoms with Crippen molar-refractivity contribution in [3.8, 4) is 61.4 Å². The summed E-state index contributed by atoms with van der Waals surface area (Å²) in [7, 11) is 0.756. The second kappa shape index (κ2) is 25.0. The summed E-state index contributed by atoms with van der Waals surface area (Å²) in [5, 5.41) is 32.2. The highest BCUT2D eigenvalue weighted by Gasteiger charge is 2.26. The highest BCUT2D eigenvalue weighted by Crippen LogP contribution is 2.51. The largest absolute Gasteiger partial charge is 0.569 e. The Labute approximate surface area is 604 Å². The van der Waals surface area contributed by atoms with Gasteiger partial charge in [-0.2, -0.15) is 0 Å². The zero-order valence-electron chi connectivity index (χ0n) is 55.8. The van der Waals surface area contributed by atoms with Gasteiger partial charge in [0.05, 0.1) is 11.1 Å². The minimum absolute atomic E-state index is 0.674. The summed E-state index contributed by atoms with van der Waals surface area (Å²) in [5.41, 5.74) is 18.3. The maximum Gasteiger partial charge on any atom is 0.569 e. The van der Waals surface area contributed by atoms with Crippen LogP contribution in [0.2, 0.25) is 0 Å². The predicted molar refractivity (Wildman–Crippen MR) is 437 cm³/mol. The predicted octanol–water partition coefficient (Wildman–Crippen LogP) is 27.6. The Kier molecular flexibility index (Phi) is 14.6. The zero-order chi connectivity index (χ0) is 68.9. The number of furan rings is 4. The molecule has 4 heterocycles. The first-order chi connectivity index (χ1) is 51.5. The number of benzene rings is 18. The molecule has 0 aliphatic rings. The van der Waals surface area contributed by atoms with Crippen molar-refractivity contribution in [2.24, 2.45) is 0 Å². The summed E-state index contributed by atoms with van der Waals surface area (Å²) in [6.07, 6.45) is 0.